The molecule has 0 spiro atoms. The average molecular weight is 182 g/mol. The van der Waals surface area contributed by atoms with E-state index in [0.717, 1.165) is 19.5 Å². The largest absolute Gasteiger partial charge is 0.343 e. The van der Waals surface area contributed by atoms with Crippen LogP contribution in [0.2, 0.25) is 0 Å². The van der Waals surface area contributed by atoms with E-state index in [1.54, 1.807) is 10.9 Å². The van der Waals surface area contributed by atoms with E-state index in [9.17, 15) is 4.79 Å². The van der Waals surface area contributed by atoms with Crippen LogP contribution in [0.15, 0.2) is 11.1 Å². The molecule has 2 unspecified atom stereocenters. The van der Waals surface area contributed by atoms with Crippen LogP contribution in [0.5, 0.6) is 0 Å². The van der Waals surface area contributed by atoms with Gasteiger partial charge in [-0.15, -0.1) is 0 Å². The SMILES string of the molecule is CC1CCNCC1n1cn[nH]c1=O. The van der Waals surface area contributed by atoms with Gasteiger partial charge < -0.3 is 5.32 Å². The van der Waals surface area contributed by atoms with Crippen molar-refractivity contribution in [3.63, 3.8) is 0 Å². The molecule has 2 heterocycles. The lowest BCUT2D eigenvalue weighted by Crippen LogP contribution is -2.40. The summed E-state index contributed by atoms with van der Waals surface area (Å²) in [6.45, 7) is 4.08. The van der Waals surface area contributed by atoms with Crippen LogP contribution < -0.4 is 11.0 Å². The summed E-state index contributed by atoms with van der Waals surface area (Å²) in [4.78, 5) is 11.3. The van der Waals surface area contributed by atoms with Gasteiger partial charge in [-0.3, -0.25) is 4.57 Å². The van der Waals surface area contributed by atoms with Crippen molar-refractivity contribution >= 4 is 0 Å². The molecule has 2 rings (SSSR count). The molecule has 1 aliphatic rings. The quantitative estimate of drug-likeness (QED) is 0.629. The molecule has 2 N–H and O–H groups in total. The van der Waals surface area contributed by atoms with Crippen molar-refractivity contribution in [3.8, 4) is 0 Å². The van der Waals surface area contributed by atoms with Crippen LogP contribution in [-0.4, -0.2) is 27.9 Å². The van der Waals surface area contributed by atoms with Crippen molar-refractivity contribution in [1.82, 2.24) is 20.1 Å². The van der Waals surface area contributed by atoms with Crippen LogP contribution in [0.3, 0.4) is 0 Å². The highest BCUT2D eigenvalue weighted by molar-refractivity contribution is 4.83. The molecular formula is C8H14N4O. The maximum atomic E-state index is 11.3. The lowest BCUT2D eigenvalue weighted by Gasteiger charge is -2.29. The third kappa shape index (κ3) is 1.51. The molecule has 0 aliphatic carbocycles. The minimum absolute atomic E-state index is 0.111. The maximum absolute atomic E-state index is 11.3. The minimum atomic E-state index is -0.111. The van der Waals surface area contributed by atoms with Crippen LogP contribution in [0.4, 0.5) is 0 Å². The zero-order chi connectivity index (χ0) is 9.26. The van der Waals surface area contributed by atoms with E-state index in [0.29, 0.717) is 5.92 Å². The summed E-state index contributed by atoms with van der Waals surface area (Å²) < 4.78 is 1.68. The Morgan fingerprint density at radius 3 is 3.15 bits per heavy atom. The van der Waals surface area contributed by atoms with Crippen LogP contribution in [0, 0.1) is 5.92 Å². The Kier molecular flexibility index (Phi) is 2.18. The molecule has 1 aliphatic heterocycles. The predicted octanol–water partition coefficient (Wildman–Crippen LogP) is -0.258. The smallest absolute Gasteiger partial charge is 0.315 e. The molecule has 0 aromatic carbocycles. The summed E-state index contributed by atoms with van der Waals surface area (Å²) in [5.74, 6) is 0.538. The molecular weight excluding hydrogens is 168 g/mol. The lowest BCUT2D eigenvalue weighted by atomic mass is 9.95. The lowest BCUT2D eigenvalue weighted by molar-refractivity contribution is 0.269. The third-order valence-electron chi connectivity index (χ3n) is 2.72. The Labute approximate surface area is 76.2 Å². The highest BCUT2D eigenvalue weighted by atomic mass is 16.1. The Morgan fingerprint density at radius 1 is 1.69 bits per heavy atom. The van der Waals surface area contributed by atoms with E-state index in [1.807, 2.05) is 0 Å². The molecule has 0 amide bonds. The Morgan fingerprint density at radius 2 is 2.54 bits per heavy atom. The van der Waals surface area contributed by atoms with Gasteiger partial charge in [0.15, 0.2) is 0 Å². The third-order valence-corrected chi connectivity index (χ3v) is 2.72. The van der Waals surface area contributed by atoms with Crippen LogP contribution in [0.1, 0.15) is 19.4 Å². The predicted molar refractivity (Wildman–Crippen MR) is 48.5 cm³/mol. The molecule has 1 aromatic heterocycles. The molecule has 1 fully saturated rings. The maximum Gasteiger partial charge on any atom is 0.343 e. The van der Waals surface area contributed by atoms with Gasteiger partial charge in [-0.05, 0) is 18.9 Å². The van der Waals surface area contributed by atoms with Crippen molar-refractivity contribution in [3.05, 3.63) is 16.8 Å². The van der Waals surface area contributed by atoms with Crippen LogP contribution in [-0.2, 0) is 0 Å². The van der Waals surface area contributed by atoms with E-state index in [1.165, 1.54) is 0 Å². The van der Waals surface area contributed by atoms with Gasteiger partial charge in [0.2, 0.25) is 0 Å². The molecule has 0 saturated carbocycles. The normalized spacial score (nSPS) is 29.0. The molecule has 1 saturated heterocycles. The van der Waals surface area contributed by atoms with Crippen molar-refractivity contribution in [2.75, 3.05) is 13.1 Å². The number of piperidine rings is 1. The van der Waals surface area contributed by atoms with Gasteiger partial charge in [0.1, 0.15) is 6.33 Å². The summed E-state index contributed by atoms with van der Waals surface area (Å²) in [7, 11) is 0. The van der Waals surface area contributed by atoms with Crippen LogP contribution in [0.25, 0.3) is 0 Å². The van der Waals surface area contributed by atoms with Gasteiger partial charge in [0, 0.05) is 6.54 Å². The first-order valence-corrected chi connectivity index (χ1v) is 4.61. The zero-order valence-corrected chi connectivity index (χ0v) is 7.66. The second-order valence-corrected chi connectivity index (χ2v) is 3.61. The average Bonchev–Trinajstić information content (AvgIpc) is 2.52. The fraction of sp³-hybridized carbons (Fsp3) is 0.750. The summed E-state index contributed by atoms with van der Waals surface area (Å²) in [5, 5.41) is 9.42. The van der Waals surface area contributed by atoms with Gasteiger partial charge in [-0.2, -0.15) is 5.10 Å². The van der Waals surface area contributed by atoms with Crippen molar-refractivity contribution in [1.29, 1.82) is 0 Å². The highest BCUT2D eigenvalue weighted by Crippen LogP contribution is 2.21. The second-order valence-electron chi connectivity index (χ2n) is 3.61. The van der Waals surface area contributed by atoms with E-state index in [2.05, 4.69) is 22.4 Å². The van der Waals surface area contributed by atoms with Crippen molar-refractivity contribution in [2.24, 2.45) is 5.92 Å². The first-order valence-electron chi connectivity index (χ1n) is 4.61. The topological polar surface area (TPSA) is 62.7 Å². The summed E-state index contributed by atoms with van der Waals surface area (Å²) in [6, 6.07) is 0.250. The van der Waals surface area contributed by atoms with E-state index < -0.39 is 0 Å². The van der Waals surface area contributed by atoms with Gasteiger partial charge in [-0.1, -0.05) is 6.92 Å². The Hall–Kier alpha value is -1.10. The van der Waals surface area contributed by atoms with Gasteiger partial charge in [0.05, 0.1) is 6.04 Å². The number of hydrogen-bond donors (Lipinski definition) is 2. The molecule has 2 atom stereocenters. The van der Waals surface area contributed by atoms with E-state index in [4.69, 9.17) is 0 Å². The van der Waals surface area contributed by atoms with Crippen LogP contribution >= 0.6 is 0 Å². The number of H-pyrrole nitrogens is 1. The zero-order valence-electron chi connectivity index (χ0n) is 7.66. The number of aromatic amines is 1. The molecule has 0 bridgehead atoms. The first kappa shape index (κ1) is 8.50. The fourth-order valence-electron chi connectivity index (χ4n) is 1.84. The molecule has 5 heteroatoms. The number of hydrogen-bond acceptors (Lipinski definition) is 3. The summed E-state index contributed by atoms with van der Waals surface area (Å²) in [5.41, 5.74) is -0.111. The fourth-order valence-corrected chi connectivity index (χ4v) is 1.84. The monoisotopic (exact) mass is 182 g/mol. The summed E-state index contributed by atoms with van der Waals surface area (Å²) in [6.07, 6.45) is 2.69. The molecule has 0 radical (unpaired) electrons. The second kappa shape index (κ2) is 3.33. The number of nitrogens with one attached hydrogen (secondary N) is 2. The molecule has 1 aromatic rings. The van der Waals surface area contributed by atoms with Gasteiger partial charge >= 0.3 is 5.69 Å². The van der Waals surface area contributed by atoms with Gasteiger partial charge in [0.25, 0.3) is 0 Å². The van der Waals surface area contributed by atoms with E-state index in [-0.39, 0.29) is 11.7 Å². The van der Waals surface area contributed by atoms with Gasteiger partial charge in [-0.25, -0.2) is 9.89 Å². The number of nitrogens with zero attached hydrogens (tertiary/aromatic N) is 2. The Bertz CT molecular complexity index is 329. The van der Waals surface area contributed by atoms with Crippen molar-refractivity contribution < 1.29 is 0 Å². The molecule has 5 nitrogen and oxygen atoms in total. The summed E-state index contributed by atoms with van der Waals surface area (Å²) >= 11 is 0. The number of aromatic nitrogens is 3. The van der Waals surface area contributed by atoms with E-state index >= 15 is 0 Å². The molecule has 72 valence electrons. The Balaban J connectivity index is 2.24. The standard InChI is InChI=1S/C8H14N4O/c1-6-2-3-9-4-7(6)12-5-10-11-8(12)13/h5-7,9H,2-4H2,1H3,(H,11,13). The first-order chi connectivity index (χ1) is 6.29. The highest BCUT2D eigenvalue weighted by Gasteiger charge is 2.23. The minimum Gasteiger partial charge on any atom is -0.315 e. The van der Waals surface area contributed by atoms with Crippen molar-refractivity contribution in [2.45, 2.75) is 19.4 Å². The number of rotatable bonds is 1. The molecule has 13 heavy (non-hydrogen) atoms.